The average Bonchev–Trinajstić information content (AvgIpc) is 2.79. The van der Waals surface area contributed by atoms with Gasteiger partial charge in [-0.05, 0) is 56.7 Å². The largest absolute Gasteiger partial charge is 1.00 e. The Morgan fingerprint density at radius 2 is 1.54 bits per heavy atom. The van der Waals surface area contributed by atoms with E-state index in [1.807, 2.05) is 0 Å². The minimum absolute atomic E-state index is 0. The third kappa shape index (κ3) is 11.0. The molecule has 35 heavy (non-hydrogen) atoms. The molecule has 1 fully saturated rings. The maximum atomic E-state index is 12.5. The average molecular weight is 512 g/mol. The smallest absolute Gasteiger partial charge is 1.00 e. The van der Waals surface area contributed by atoms with Gasteiger partial charge in [0.05, 0.1) is 12.6 Å². The molecule has 0 radical (unpaired) electrons. The number of carbonyl (C=O) groups is 5. The summed E-state index contributed by atoms with van der Waals surface area (Å²) in [6, 6.07) is 3.39. The zero-order chi connectivity index (χ0) is 24.5. The Hall–Kier alpha value is -1.47. The topological polar surface area (TPSA) is 182 Å². The van der Waals surface area contributed by atoms with Gasteiger partial charge in [-0.2, -0.15) is 0 Å². The third-order valence-corrected chi connectivity index (χ3v) is 5.51. The summed E-state index contributed by atoms with van der Waals surface area (Å²) in [6.45, 7) is -0.211. The maximum absolute atomic E-state index is 12.5. The summed E-state index contributed by atoms with van der Waals surface area (Å²) < 4.78 is 10.2. The second-order valence-corrected chi connectivity index (χ2v) is 7.92. The summed E-state index contributed by atoms with van der Waals surface area (Å²) in [4.78, 5) is 57.9. The summed E-state index contributed by atoms with van der Waals surface area (Å²) in [5.41, 5.74) is 6.03. The molecule has 11 nitrogen and oxygen atoms in total. The molecule has 2 rings (SSSR count). The first-order chi connectivity index (χ1) is 15.6. The van der Waals surface area contributed by atoms with Crippen molar-refractivity contribution in [1.29, 1.82) is 0 Å². The standard InChI is InChI=1S/C22H28N2O9.2Na.2H/c1-12(25)21(23)13-2-4-14(5-3-13)22(31)24-9-16(26)15-6-7-17(32-10-19(27)28)18(8-15)33-11-20(29)30;;;;/h6-8,13-14,21H,2-5,9-11,23H2,1H3,(H,24,31)(H,27,28)(H,29,30);;;;/q;2*+1;2*-1. The first-order valence-electron chi connectivity index (χ1n) is 10.5. The van der Waals surface area contributed by atoms with Crippen LogP contribution in [0.2, 0.25) is 0 Å². The number of nitrogens with two attached hydrogens (primary N) is 1. The number of hydrogen-bond donors (Lipinski definition) is 4. The molecule has 0 aromatic heterocycles. The van der Waals surface area contributed by atoms with Crippen molar-refractivity contribution in [3.05, 3.63) is 23.8 Å². The Morgan fingerprint density at radius 1 is 1.00 bits per heavy atom. The van der Waals surface area contributed by atoms with Gasteiger partial charge in [0, 0.05) is 11.5 Å². The monoisotopic (exact) mass is 512 g/mol. The molecular weight excluding hydrogens is 482 g/mol. The van der Waals surface area contributed by atoms with Crippen LogP contribution in [-0.2, 0) is 19.2 Å². The van der Waals surface area contributed by atoms with Gasteiger partial charge in [-0.25, -0.2) is 9.59 Å². The Kier molecular flexibility index (Phi) is 15.6. The van der Waals surface area contributed by atoms with E-state index in [0.29, 0.717) is 25.7 Å². The molecular formula is C22H30N2Na2O9. The first kappa shape index (κ1) is 33.5. The maximum Gasteiger partial charge on any atom is 1.00 e. The molecule has 1 aliphatic carbocycles. The van der Waals surface area contributed by atoms with Crippen molar-refractivity contribution >= 4 is 29.4 Å². The molecule has 1 aliphatic rings. The van der Waals surface area contributed by atoms with Crippen LogP contribution in [0.15, 0.2) is 18.2 Å². The molecule has 1 amide bonds. The van der Waals surface area contributed by atoms with Gasteiger partial charge in [0.15, 0.2) is 30.5 Å². The number of hydrogen-bond acceptors (Lipinski definition) is 8. The molecule has 0 saturated heterocycles. The zero-order valence-corrected chi connectivity index (χ0v) is 24.2. The van der Waals surface area contributed by atoms with Crippen molar-refractivity contribution < 1.29 is 106 Å². The predicted molar refractivity (Wildman–Crippen MR) is 116 cm³/mol. The fraction of sp³-hybridized carbons (Fsp3) is 0.500. The summed E-state index contributed by atoms with van der Waals surface area (Å²) in [7, 11) is 0. The first-order valence-corrected chi connectivity index (χ1v) is 10.5. The minimum atomic E-state index is -1.26. The molecule has 1 atom stereocenters. The van der Waals surface area contributed by atoms with Crippen LogP contribution in [0.25, 0.3) is 0 Å². The normalized spacial score (nSPS) is 17.5. The number of carboxylic acid groups (broad SMARTS) is 2. The van der Waals surface area contributed by atoms with Crippen LogP contribution >= 0.6 is 0 Å². The van der Waals surface area contributed by atoms with E-state index in [-0.39, 0.29) is 109 Å². The van der Waals surface area contributed by atoms with Crippen LogP contribution in [-0.4, -0.2) is 65.4 Å². The number of ether oxygens (including phenoxy) is 2. The zero-order valence-electron chi connectivity index (χ0n) is 22.2. The van der Waals surface area contributed by atoms with Gasteiger partial charge in [-0.1, -0.05) is 0 Å². The van der Waals surface area contributed by atoms with Crippen LogP contribution < -0.4 is 79.6 Å². The van der Waals surface area contributed by atoms with Gasteiger partial charge < -0.3 is 33.6 Å². The summed E-state index contributed by atoms with van der Waals surface area (Å²) >= 11 is 0. The van der Waals surface area contributed by atoms with E-state index < -0.39 is 37.0 Å². The summed E-state index contributed by atoms with van der Waals surface area (Å²) in [6.07, 6.45) is 2.48. The Morgan fingerprint density at radius 3 is 2.06 bits per heavy atom. The van der Waals surface area contributed by atoms with Gasteiger partial charge in [0.1, 0.15) is 5.78 Å². The van der Waals surface area contributed by atoms with Crippen LogP contribution in [0.1, 0.15) is 45.8 Å². The van der Waals surface area contributed by atoms with E-state index in [4.69, 9.17) is 25.4 Å². The van der Waals surface area contributed by atoms with Gasteiger partial charge in [-0.15, -0.1) is 0 Å². The van der Waals surface area contributed by atoms with Gasteiger partial charge >= 0.3 is 71.1 Å². The number of rotatable bonds is 12. The molecule has 1 unspecified atom stereocenters. The molecule has 1 aromatic carbocycles. The molecule has 0 spiro atoms. The molecule has 13 heteroatoms. The SMILES string of the molecule is CC(=O)C(N)C1CCC(C(=O)NCC(=O)c2ccc(OCC(=O)O)c(OCC(=O)O)c2)CC1.[H-].[H-].[Na+].[Na+]. The van der Waals surface area contributed by atoms with Crippen molar-refractivity contribution in [3.8, 4) is 11.5 Å². The number of ketones is 2. The van der Waals surface area contributed by atoms with Crippen molar-refractivity contribution in [3.63, 3.8) is 0 Å². The second kappa shape index (κ2) is 16.3. The van der Waals surface area contributed by atoms with Crippen molar-refractivity contribution in [1.82, 2.24) is 5.32 Å². The van der Waals surface area contributed by atoms with E-state index in [9.17, 15) is 24.0 Å². The fourth-order valence-corrected chi connectivity index (χ4v) is 3.68. The van der Waals surface area contributed by atoms with Crippen LogP contribution in [0.5, 0.6) is 11.5 Å². The van der Waals surface area contributed by atoms with Crippen molar-refractivity contribution in [2.75, 3.05) is 19.8 Å². The number of benzene rings is 1. The van der Waals surface area contributed by atoms with E-state index in [0.717, 1.165) is 0 Å². The number of Topliss-reactive ketones (excluding diaryl/α,β-unsaturated/α-hetero) is 2. The van der Waals surface area contributed by atoms with E-state index in [1.54, 1.807) is 0 Å². The summed E-state index contributed by atoms with van der Waals surface area (Å²) in [5.74, 6) is -3.62. The number of carboxylic acids is 2. The number of aliphatic carboxylic acids is 2. The van der Waals surface area contributed by atoms with Crippen LogP contribution in [0, 0.1) is 11.8 Å². The molecule has 0 aliphatic heterocycles. The fourth-order valence-electron chi connectivity index (χ4n) is 3.68. The predicted octanol–water partition coefficient (Wildman–Crippen LogP) is -5.13. The van der Waals surface area contributed by atoms with E-state index in [2.05, 4.69) is 5.32 Å². The van der Waals surface area contributed by atoms with Crippen LogP contribution in [0.4, 0.5) is 0 Å². The number of carbonyl (C=O) groups excluding carboxylic acids is 3. The molecule has 1 aromatic rings. The second-order valence-electron chi connectivity index (χ2n) is 7.92. The van der Waals surface area contributed by atoms with Gasteiger partial charge in [0.2, 0.25) is 5.91 Å². The molecule has 0 heterocycles. The Balaban J connectivity index is -0.00000289. The van der Waals surface area contributed by atoms with E-state index in [1.165, 1.54) is 25.1 Å². The van der Waals surface area contributed by atoms with Crippen molar-refractivity contribution in [2.24, 2.45) is 17.6 Å². The molecule has 1 saturated carbocycles. The quantitative estimate of drug-likeness (QED) is 0.156. The number of amides is 1. The Bertz CT molecular complexity index is 929. The van der Waals surface area contributed by atoms with Crippen LogP contribution in [0.3, 0.4) is 0 Å². The van der Waals surface area contributed by atoms with E-state index >= 15 is 0 Å². The molecule has 0 bridgehead atoms. The summed E-state index contributed by atoms with van der Waals surface area (Å²) in [5, 5.41) is 20.2. The third-order valence-electron chi connectivity index (χ3n) is 5.51. The molecule has 5 N–H and O–H groups in total. The van der Waals surface area contributed by atoms with Gasteiger partial charge in [-0.3, -0.25) is 14.4 Å². The minimum Gasteiger partial charge on any atom is -1.00 e. The van der Waals surface area contributed by atoms with Gasteiger partial charge in [0.25, 0.3) is 0 Å². The Labute approximate surface area is 250 Å². The number of nitrogens with one attached hydrogen (secondary N) is 1. The van der Waals surface area contributed by atoms with Crippen molar-refractivity contribution in [2.45, 2.75) is 38.6 Å². The molecule has 184 valence electrons.